The van der Waals surface area contributed by atoms with Crippen molar-refractivity contribution in [2.24, 2.45) is 0 Å². The maximum atomic E-state index is 12.7. The summed E-state index contributed by atoms with van der Waals surface area (Å²) in [6.07, 6.45) is 6.92. The highest BCUT2D eigenvalue weighted by Crippen LogP contribution is 2.27. The number of amides is 1. The molecule has 0 saturated carbocycles. The van der Waals surface area contributed by atoms with Crippen LogP contribution in [0, 0.1) is 0 Å². The van der Waals surface area contributed by atoms with Crippen molar-refractivity contribution in [3.8, 4) is 11.4 Å². The number of rotatable bonds is 4. The molecule has 0 atom stereocenters. The molecule has 2 aliphatic rings. The second-order valence-electron chi connectivity index (χ2n) is 7.16. The molecule has 28 heavy (non-hydrogen) atoms. The van der Waals surface area contributed by atoms with E-state index in [0.29, 0.717) is 12.8 Å². The SMILES string of the molecule is COC1(C(=O)Nc2ccc(-c3ncc4n3CCCC4)cc2)CCNCC1.Cl.Cl. The number of carbonyl (C=O) groups excluding carboxylic acids is 1. The molecule has 1 aromatic carbocycles. The molecule has 3 heterocycles. The van der Waals surface area contributed by atoms with Crippen LogP contribution in [0.4, 0.5) is 5.69 Å². The van der Waals surface area contributed by atoms with Gasteiger partial charge in [-0.2, -0.15) is 0 Å². The number of benzene rings is 1. The van der Waals surface area contributed by atoms with Crippen molar-refractivity contribution in [3.63, 3.8) is 0 Å². The van der Waals surface area contributed by atoms with Gasteiger partial charge >= 0.3 is 0 Å². The van der Waals surface area contributed by atoms with Gasteiger partial charge in [0.2, 0.25) is 0 Å². The van der Waals surface area contributed by atoms with Crippen molar-refractivity contribution in [2.75, 3.05) is 25.5 Å². The number of halogens is 2. The van der Waals surface area contributed by atoms with Gasteiger partial charge in [-0.15, -0.1) is 24.8 Å². The number of hydrogen-bond donors (Lipinski definition) is 2. The summed E-state index contributed by atoms with van der Waals surface area (Å²) in [6.45, 7) is 2.63. The molecule has 1 fully saturated rings. The maximum absolute atomic E-state index is 12.7. The third-order valence-corrected chi connectivity index (χ3v) is 5.62. The summed E-state index contributed by atoms with van der Waals surface area (Å²) in [5.41, 5.74) is 2.46. The van der Waals surface area contributed by atoms with Crippen LogP contribution in [0.15, 0.2) is 30.5 Å². The molecule has 0 spiro atoms. The molecular formula is C20H28Cl2N4O2. The summed E-state index contributed by atoms with van der Waals surface area (Å²) >= 11 is 0. The van der Waals surface area contributed by atoms with Crippen molar-refractivity contribution in [1.29, 1.82) is 0 Å². The fourth-order valence-electron chi connectivity index (χ4n) is 3.97. The van der Waals surface area contributed by atoms with Crippen LogP contribution < -0.4 is 10.6 Å². The predicted octanol–water partition coefficient (Wildman–Crippen LogP) is 3.44. The van der Waals surface area contributed by atoms with Gasteiger partial charge in [0.05, 0.1) is 0 Å². The largest absolute Gasteiger partial charge is 0.368 e. The van der Waals surface area contributed by atoms with Gasteiger partial charge in [-0.25, -0.2) is 4.98 Å². The second-order valence-corrected chi connectivity index (χ2v) is 7.16. The van der Waals surface area contributed by atoms with Crippen molar-refractivity contribution < 1.29 is 9.53 Å². The van der Waals surface area contributed by atoms with Crippen LogP contribution in [0.3, 0.4) is 0 Å². The van der Waals surface area contributed by atoms with Crippen LogP contribution in [0.2, 0.25) is 0 Å². The van der Waals surface area contributed by atoms with Crippen LogP contribution in [-0.4, -0.2) is 41.3 Å². The number of carbonyl (C=O) groups is 1. The number of imidazole rings is 1. The van der Waals surface area contributed by atoms with E-state index in [1.165, 1.54) is 18.5 Å². The van der Waals surface area contributed by atoms with Gasteiger partial charge in [0.25, 0.3) is 5.91 Å². The van der Waals surface area contributed by atoms with E-state index in [1.54, 1.807) is 7.11 Å². The van der Waals surface area contributed by atoms with Gasteiger partial charge in [-0.3, -0.25) is 4.79 Å². The van der Waals surface area contributed by atoms with Gasteiger partial charge in [0.1, 0.15) is 11.4 Å². The lowest BCUT2D eigenvalue weighted by atomic mass is 9.91. The highest BCUT2D eigenvalue weighted by atomic mass is 35.5. The number of nitrogens with one attached hydrogen (secondary N) is 2. The molecule has 2 N–H and O–H groups in total. The fourth-order valence-corrected chi connectivity index (χ4v) is 3.97. The minimum Gasteiger partial charge on any atom is -0.368 e. The summed E-state index contributed by atoms with van der Waals surface area (Å²) in [7, 11) is 1.62. The number of methoxy groups -OCH3 is 1. The van der Waals surface area contributed by atoms with E-state index in [9.17, 15) is 4.79 Å². The Labute approximate surface area is 178 Å². The Morgan fingerprint density at radius 1 is 1.18 bits per heavy atom. The van der Waals surface area contributed by atoms with Crippen LogP contribution in [0.1, 0.15) is 31.4 Å². The molecule has 0 bridgehead atoms. The number of aromatic nitrogens is 2. The highest BCUT2D eigenvalue weighted by molar-refractivity contribution is 5.97. The number of aryl methyl sites for hydroxylation is 1. The molecule has 1 amide bonds. The molecule has 4 rings (SSSR count). The summed E-state index contributed by atoms with van der Waals surface area (Å²) in [6, 6.07) is 7.95. The minimum atomic E-state index is -0.730. The Morgan fingerprint density at radius 3 is 2.57 bits per heavy atom. The van der Waals surface area contributed by atoms with Crippen LogP contribution in [0.5, 0.6) is 0 Å². The number of anilines is 1. The van der Waals surface area contributed by atoms with Crippen molar-refractivity contribution in [1.82, 2.24) is 14.9 Å². The van der Waals surface area contributed by atoms with Gasteiger partial charge < -0.3 is 19.9 Å². The quantitative estimate of drug-likeness (QED) is 0.785. The number of fused-ring (bicyclic) bond motifs is 1. The molecule has 6 nitrogen and oxygen atoms in total. The normalized spacial score (nSPS) is 17.6. The zero-order chi connectivity index (χ0) is 18.0. The van der Waals surface area contributed by atoms with E-state index in [-0.39, 0.29) is 30.7 Å². The number of nitrogens with zero attached hydrogens (tertiary/aromatic N) is 2. The minimum absolute atomic E-state index is 0. The van der Waals surface area contributed by atoms with E-state index in [2.05, 4.69) is 20.2 Å². The zero-order valence-electron chi connectivity index (χ0n) is 16.1. The van der Waals surface area contributed by atoms with Gasteiger partial charge in [0.15, 0.2) is 0 Å². The average Bonchev–Trinajstić information content (AvgIpc) is 3.13. The molecule has 154 valence electrons. The summed E-state index contributed by atoms with van der Waals surface area (Å²) < 4.78 is 7.90. The summed E-state index contributed by atoms with van der Waals surface area (Å²) in [5, 5.41) is 6.29. The van der Waals surface area contributed by atoms with E-state index in [0.717, 1.165) is 43.1 Å². The zero-order valence-corrected chi connectivity index (χ0v) is 17.7. The molecule has 2 aromatic rings. The first kappa shape index (κ1) is 22.7. The van der Waals surface area contributed by atoms with E-state index < -0.39 is 5.60 Å². The lowest BCUT2D eigenvalue weighted by Gasteiger charge is -2.34. The molecule has 1 saturated heterocycles. The van der Waals surface area contributed by atoms with E-state index in [1.807, 2.05) is 30.5 Å². The van der Waals surface area contributed by atoms with E-state index in [4.69, 9.17) is 4.74 Å². The first-order valence-corrected chi connectivity index (χ1v) is 9.44. The first-order valence-electron chi connectivity index (χ1n) is 9.44. The van der Waals surface area contributed by atoms with Crippen molar-refractivity contribution >= 4 is 36.4 Å². The third-order valence-electron chi connectivity index (χ3n) is 5.62. The lowest BCUT2D eigenvalue weighted by Crippen LogP contribution is -2.51. The number of hydrogen-bond acceptors (Lipinski definition) is 4. The lowest BCUT2D eigenvalue weighted by molar-refractivity contribution is -0.140. The molecule has 2 aliphatic heterocycles. The Balaban J connectivity index is 0.00000140. The smallest absolute Gasteiger partial charge is 0.256 e. The molecule has 0 aliphatic carbocycles. The molecule has 1 aromatic heterocycles. The van der Waals surface area contributed by atoms with Crippen LogP contribution in [0.25, 0.3) is 11.4 Å². The molecule has 8 heteroatoms. The average molecular weight is 427 g/mol. The fraction of sp³-hybridized carbons (Fsp3) is 0.500. The van der Waals surface area contributed by atoms with Gasteiger partial charge in [-0.05, 0) is 69.5 Å². The summed E-state index contributed by atoms with van der Waals surface area (Å²) in [5.74, 6) is 0.955. The number of piperidine rings is 1. The van der Waals surface area contributed by atoms with Gasteiger partial charge in [0, 0.05) is 36.8 Å². The Hall–Kier alpha value is -1.60. The summed E-state index contributed by atoms with van der Waals surface area (Å²) in [4.78, 5) is 17.4. The first-order chi connectivity index (χ1) is 12.7. The predicted molar refractivity (Wildman–Crippen MR) is 116 cm³/mol. The molecular weight excluding hydrogens is 399 g/mol. The van der Waals surface area contributed by atoms with Gasteiger partial charge in [-0.1, -0.05) is 0 Å². The van der Waals surface area contributed by atoms with Crippen LogP contribution in [-0.2, 0) is 22.5 Å². The highest BCUT2D eigenvalue weighted by Gasteiger charge is 2.39. The standard InChI is InChI=1S/C20H26N4O2.2ClH/c1-26-20(9-11-21-12-10-20)19(25)23-16-7-5-15(6-8-16)18-22-14-17-4-2-3-13-24(17)18;;/h5-8,14,21H,2-4,9-13H2,1H3,(H,23,25);2*1H. The maximum Gasteiger partial charge on any atom is 0.256 e. The van der Waals surface area contributed by atoms with E-state index >= 15 is 0 Å². The Morgan fingerprint density at radius 2 is 1.89 bits per heavy atom. The second kappa shape index (κ2) is 9.74. The van der Waals surface area contributed by atoms with Crippen molar-refractivity contribution in [3.05, 3.63) is 36.2 Å². The topological polar surface area (TPSA) is 68.2 Å². The monoisotopic (exact) mass is 426 g/mol. The third kappa shape index (κ3) is 4.35. The Bertz CT molecular complexity index is 786. The van der Waals surface area contributed by atoms with Crippen LogP contribution >= 0.6 is 24.8 Å². The Kier molecular flexibility index (Phi) is 7.89. The molecule has 0 unspecified atom stereocenters. The molecule has 0 radical (unpaired) electrons. The van der Waals surface area contributed by atoms with Crippen molar-refractivity contribution in [2.45, 2.75) is 44.2 Å². The number of ether oxygens (including phenoxy) is 1.